The molecule has 5 amide bonds. The maximum absolute atomic E-state index is 13.2. The second-order valence-electron chi connectivity index (χ2n) is 14.4. The van der Waals surface area contributed by atoms with Gasteiger partial charge < -0.3 is 24.0 Å². The van der Waals surface area contributed by atoms with Gasteiger partial charge in [0.25, 0.3) is 20.1 Å². The Morgan fingerprint density at radius 2 is 1.33 bits per heavy atom. The van der Waals surface area contributed by atoms with E-state index in [1.807, 2.05) is 12.1 Å². The molecule has 0 aliphatic carbocycles. The van der Waals surface area contributed by atoms with Crippen molar-refractivity contribution in [1.29, 1.82) is 0 Å². The summed E-state index contributed by atoms with van der Waals surface area (Å²) in [6.07, 6.45) is 2.49. The topological polar surface area (TPSA) is 150 Å². The molecule has 0 aromatic heterocycles. The first-order valence-corrected chi connectivity index (χ1v) is 20.6. The molecule has 3 aromatic carbocycles. The number of carbonyl (C=O) groups excluding carboxylic acids is 5. The average Bonchev–Trinajstić information content (AvgIpc) is 3.41. The largest absolute Gasteiger partial charge is 0.405 e. The number of amides is 5. The van der Waals surface area contributed by atoms with Gasteiger partial charge in [0.15, 0.2) is 0 Å². The van der Waals surface area contributed by atoms with Crippen molar-refractivity contribution in [3.8, 4) is 0 Å². The fourth-order valence-electron chi connectivity index (χ4n) is 7.06. The zero-order chi connectivity index (χ0) is 38.6. The van der Waals surface area contributed by atoms with Crippen LogP contribution in [0.15, 0.2) is 78.9 Å². The minimum atomic E-state index is -2.58. The molecule has 0 bridgehead atoms. The molecule has 12 nitrogen and oxygen atoms in total. The lowest BCUT2D eigenvalue weighted by molar-refractivity contribution is -0.136. The number of nitrogens with one attached hydrogen (secondary N) is 2. The van der Waals surface area contributed by atoms with Gasteiger partial charge in [-0.2, -0.15) is 0 Å². The van der Waals surface area contributed by atoms with Gasteiger partial charge in [-0.05, 0) is 46.8 Å². The third-order valence-corrected chi connectivity index (χ3v) is 14.7. The molecule has 0 radical (unpaired) electrons. The molecule has 13 heteroatoms. The van der Waals surface area contributed by atoms with Crippen LogP contribution >= 0.6 is 0 Å². The number of unbranched alkanes of at least 4 members (excludes halogenated alkanes) is 2. The van der Waals surface area contributed by atoms with Crippen molar-refractivity contribution in [2.45, 2.75) is 70.4 Å². The number of carbonyl (C=O) groups is 5. The number of benzene rings is 3. The quantitative estimate of drug-likeness (QED) is 0.0983. The molecule has 2 N–H and O–H groups in total. The van der Waals surface area contributed by atoms with E-state index in [1.54, 1.807) is 12.1 Å². The lowest BCUT2D eigenvalue weighted by Crippen LogP contribution is -2.66. The number of rotatable bonds is 20. The van der Waals surface area contributed by atoms with Gasteiger partial charge in [-0.15, -0.1) is 0 Å². The Labute approximate surface area is 318 Å². The minimum Gasteiger partial charge on any atom is -0.405 e. The summed E-state index contributed by atoms with van der Waals surface area (Å²) >= 11 is 0. The highest BCUT2D eigenvalue weighted by molar-refractivity contribution is 6.99. The zero-order valence-corrected chi connectivity index (χ0v) is 32.4. The normalized spacial score (nSPS) is 16.1. The van der Waals surface area contributed by atoms with Gasteiger partial charge >= 0.3 is 0 Å². The van der Waals surface area contributed by atoms with E-state index in [9.17, 15) is 24.0 Å². The summed E-state index contributed by atoms with van der Waals surface area (Å²) in [6.45, 7) is 10.1. The van der Waals surface area contributed by atoms with E-state index in [-0.39, 0.29) is 47.0 Å². The van der Waals surface area contributed by atoms with Gasteiger partial charge in [0.2, 0.25) is 17.7 Å². The molecule has 1 atom stereocenters. The van der Waals surface area contributed by atoms with E-state index in [0.29, 0.717) is 52.7 Å². The molecule has 288 valence electrons. The third-order valence-electron chi connectivity index (χ3n) is 9.64. The first-order valence-electron chi connectivity index (χ1n) is 18.7. The summed E-state index contributed by atoms with van der Waals surface area (Å²) in [7, 11) is -2.58. The van der Waals surface area contributed by atoms with E-state index >= 15 is 0 Å². The molecular formula is C41H51N3O9Si. The van der Waals surface area contributed by atoms with E-state index in [2.05, 4.69) is 79.9 Å². The van der Waals surface area contributed by atoms with Gasteiger partial charge in [-0.3, -0.25) is 34.2 Å². The fraction of sp³-hybridized carbons (Fsp3) is 0.439. The second kappa shape index (κ2) is 19.2. The number of imide groups is 2. The Balaban J connectivity index is 0.921. The Morgan fingerprint density at radius 1 is 0.741 bits per heavy atom. The highest BCUT2D eigenvalue weighted by Crippen LogP contribution is 2.37. The summed E-state index contributed by atoms with van der Waals surface area (Å²) in [6, 6.07) is 24.6. The second-order valence-corrected chi connectivity index (χ2v) is 18.7. The Morgan fingerprint density at radius 3 is 1.93 bits per heavy atom. The molecule has 0 saturated carbocycles. The SMILES string of the molecule is CC(C)(C)[Si](OCCOCCOCCOCCCCCC(=O)Nc1cccc2c1C(=O)N(C1CCC(=O)NC1=O)C2=O)(c1ccccc1)c1ccccc1. The predicted molar refractivity (Wildman–Crippen MR) is 206 cm³/mol. The number of hydrogen-bond donors (Lipinski definition) is 2. The molecule has 54 heavy (non-hydrogen) atoms. The van der Waals surface area contributed by atoms with Crippen molar-refractivity contribution in [1.82, 2.24) is 10.2 Å². The lowest BCUT2D eigenvalue weighted by Gasteiger charge is -2.43. The van der Waals surface area contributed by atoms with Crippen LogP contribution in [0.3, 0.4) is 0 Å². The first kappa shape index (κ1) is 40.6. The molecular weight excluding hydrogens is 707 g/mol. The number of piperidine rings is 1. The fourth-order valence-corrected chi connectivity index (χ4v) is 11.6. The molecule has 2 aliphatic heterocycles. The summed E-state index contributed by atoms with van der Waals surface area (Å²) in [5, 5.41) is 7.32. The molecule has 1 saturated heterocycles. The molecule has 2 heterocycles. The summed E-state index contributed by atoms with van der Waals surface area (Å²) in [5.41, 5.74) is 0.402. The predicted octanol–water partition coefficient (Wildman–Crippen LogP) is 4.21. The van der Waals surface area contributed by atoms with Gasteiger partial charge in [-0.1, -0.05) is 93.9 Å². The molecule has 1 unspecified atom stereocenters. The average molecular weight is 758 g/mol. The summed E-state index contributed by atoms with van der Waals surface area (Å²) in [5.74, 6) is -2.69. The number of ether oxygens (including phenoxy) is 3. The van der Waals surface area contributed by atoms with Gasteiger partial charge in [-0.25, -0.2) is 0 Å². The third kappa shape index (κ3) is 9.76. The highest BCUT2D eigenvalue weighted by atomic mass is 28.4. The maximum Gasteiger partial charge on any atom is 0.264 e. The Bertz CT molecular complexity index is 1720. The van der Waals surface area contributed by atoms with E-state index in [0.717, 1.165) is 17.7 Å². The molecule has 1 fully saturated rings. The summed E-state index contributed by atoms with van der Waals surface area (Å²) in [4.78, 5) is 63.7. The van der Waals surface area contributed by atoms with Crippen molar-refractivity contribution < 1.29 is 42.6 Å². The molecule has 5 rings (SSSR count). The lowest BCUT2D eigenvalue weighted by atomic mass is 10.0. The van der Waals surface area contributed by atoms with Crippen LogP contribution in [0.25, 0.3) is 0 Å². The van der Waals surface area contributed by atoms with Gasteiger partial charge in [0.05, 0.1) is 56.5 Å². The van der Waals surface area contributed by atoms with E-state index in [4.69, 9.17) is 18.6 Å². The van der Waals surface area contributed by atoms with Crippen LogP contribution in [-0.2, 0) is 33.0 Å². The first-order chi connectivity index (χ1) is 26.0. The highest BCUT2D eigenvalue weighted by Gasteiger charge is 2.50. The van der Waals surface area contributed by atoms with Crippen LogP contribution in [0.4, 0.5) is 5.69 Å². The Hall–Kier alpha value is -4.53. The minimum absolute atomic E-state index is 0.0325. The molecule has 3 aromatic rings. The van der Waals surface area contributed by atoms with Crippen LogP contribution in [0.5, 0.6) is 0 Å². The van der Waals surface area contributed by atoms with Crippen molar-refractivity contribution >= 4 is 53.9 Å². The van der Waals surface area contributed by atoms with Gasteiger partial charge in [0, 0.05) is 19.4 Å². The van der Waals surface area contributed by atoms with Crippen LogP contribution in [0.1, 0.15) is 80.0 Å². The molecule has 0 spiro atoms. The zero-order valence-electron chi connectivity index (χ0n) is 31.4. The number of anilines is 1. The Kier molecular flexibility index (Phi) is 14.4. The van der Waals surface area contributed by atoms with Crippen LogP contribution in [0.2, 0.25) is 5.04 Å². The van der Waals surface area contributed by atoms with Crippen LogP contribution < -0.4 is 21.0 Å². The van der Waals surface area contributed by atoms with Crippen molar-refractivity contribution in [2.24, 2.45) is 0 Å². The molecule has 2 aliphatic rings. The number of nitrogens with zero attached hydrogens (tertiary/aromatic N) is 1. The number of hydrogen-bond acceptors (Lipinski definition) is 9. The van der Waals surface area contributed by atoms with Crippen molar-refractivity contribution in [3.05, 3.63) is 90.0 Å². The van der Waals surface area contributed by atoms with Gasteiger partial charge in [0.1, 0.15) is 6.04 Å². The summed E-state index contributed by atoms with van der Waals surface area (Å²) < 4.78 is 24.0. The van der Waals surface area contributed by atoms with E-state index < -0.39 is 38.0 Å². The number of fused-ring (bicyclic) bond motifs is 1. The van der Waals surface area contributed by atoms with Crippen molar-refractivity contribution in [3.63, 3.8) is 0 Å². The smallest absolute Gasteiger partial charge is 0.264 e. The maximum atomic E-state index is 13.2. The van der Waals surface area contributed by atoms with Crippen LogP contribution in [-0.4, -0.2) is 95.0 Å². The van der Waals surface area contributed by atoms with Crippen LogP contribution in [0, 0.1) is 0 Å². The van der Waals surface area contributed by atoms with E-state index in [1.165, 1.54) is 16.4 Å². The monoisotopic (exact) mass is 757 g/mol. The standard InChI is InChI=1S/C41H51N3O9Si/c1-41(2,3)54(30-14-7-4-8-15-30,31-16-9-5-10-17-31)53-29-28-52-27-26-51-25-24-50-23-12-6-11-20-35(45)42-33-19-13-18-32-37(33)40(49)44(39(32)48)34-21-22-36(46)43-38(34)47/h4-5,7-10,13-19,34H,6,11-12,20-29H2,1-3H3,(H,42,45)(H,43,46,47). The van der Waals surface area contributed by atoms with Crippen molar-refractivity contribution in [2.75, 3.05) is 51.6 Å².